The number of aryl methyl sites for hydroxylation is 2. The Hall–Kier alpha value is -2.57. The Kier molecular flexibility index (Phi) is 4.45. The summed E-state index contributed by atoms with van der Waals surface area (Å²) in [6, 6.07) is 1.78. The largest absolute Gasteiger partial charge is 0.478 e. The molecule has 2 heterocycles. The topological polar surface area (TPSA) is 81.1 Å². The molecule has 122 valence electrons. The highest BCUT2D eigenvalue weighted by Gasteiger charge is 2.15. The van der Waals surface area contributed by atoms with Gasteiger partial charge in [-0.15, -0.1) is 5.10 Å². The van der Waals surface area contributed by atoms with Crippen molar-refractivity contribution in [1.82, 2.24) is 20.1 Å². The number of hydrogen-bond donors (Lipinski definition) is 2. The Balaban J connectivity index is 1.63. The van der Waals surface area contributed by atoms with Gasteiger partial charge in [-0.2, -0.15) is 0 Å². The first-order valence-corrected chi connectivity index (χ1v) is 7.75. The Bertz CT molecular complexity index is 710. The Morgan fingerprint density at radius 1 is 1.39 bits per heavy atom. The molecule has 0 radical (unpaired) electrons. The van der Waals surface area contributed by atoms with E-state index in [0.29, 0.717) is 18.1 Å². The first-order chi connectivity index (χ1) is 11.2. The second kappa shape index (κ2) is 6.68. The molecule has 23 heavy (non-hydrogen) atoms. The zero-order valence-corrected chi connectivity index (χ0v) is 13.4. The summed E-state index contributed by atoms with van der Waals surface area (Å²) in [4.78, 5) is 16.5. The molecule has 1 aliphatic carbocycles. The second-order valence-corrected chi connectivity index (χ2v) is 5.64. The van der Waals surface area contributed by atoms with Crippen molar-refractivity contribution in [2.45, 2.75) is 32.2 Å². The molecule has 3 rings (SSSR count). The summed E-state index contributed by atoms with van der Waals surface area (Å²) in [6.45, 7) is 0.414. The number of carbonyl (C=O) groups is 1. The number of pyridine rings is 1. The predicted octanol–water partition coefficient (Wildman–Crippen LogP) is 2.02. The fourth-order valence-electron chi connectivity index (χ4n) is 2.92. The highest BCUT2D eigenvalue weighted by Crippen LogP contribution is 2.23. The summed E-state index contributed by atoms with van der Waals surface area (Å²) in [7, 11) is 3.29. The Morgan fingerprint density at radius 2 is 2.22 bits per heavy atom. The molecule has 2 aromatic rings. The quantitative estimate of drug-likeness (QED) is 0.904. The van der Waals surface area contributed by atoms with Crippen LogP contribution >= 0.6 is 0 Å². The van der Waals surface area contributed by atoms with Crippen molar-refractivity contribution in [2.75, 3.05) is 12.4 Å². The molecular weight excluding hydrogens is 294 g/mol. The molecule has 7 nitrogen and oxygen atoms in total. The number of rotatable bonds is 4. The van der Waals surface area contributed by atoms with E-state index in [9.17, 15) is 4.79 Å². The number of hydrogen-bond acceptors (Lipinski definition) is 4. The molecule has 2 aromatic heterocycles. The summed E-state index contributed by atoms with van der Waals surface area (Å²) in [5.74, 6) is 0.387. The number of nitrogens with zero attached hydrogens (tertiary/aromatic N) is 3. The highest BCUT2D eigenvalue weighted by atomic mass is 16.5. The van der Waals surface area contributed by atoms with Gasteiger partial charge in [-0.1, -0.05) is 0 Å². The minimum Gasteiger partial charge on any atom is -0.478 e. The molecule has 2 N–H and O–H groups in total. The van der Waals surface area contributed by atoms with Gasteiger partial charge in [-0.3, -0.25) is 9.67 Å². The van der Waals surface area contributed by atoms with Crippen LogP contribution in [0.5, 0.6) is 5.88 Å². The van der Waals surface area contributed by atoms with Gasteiger partial charge in [0.2, 0.25) is 0 Å². The van der Waals surface area contributed by atoms with Gasteiger partial charge in [0.15, 0.2) is 0 Å². The summed E-state index contributed by atoms with van der Waals surface area (Å²) < 4.78 is 6.70. The van der Waals surface area contributed by atoms with Crippen molar-refractivity contribution in [3.05, 3.63) is 35.3 Å². The van der Waals surface area contributed by atoms with Crippen LogP contribution in [0.2, 0.25) is 0 Å². The van der Waals surface area contributed by atoms with Crippen LogP contribution < -0.4 is 15.4 Å². The molecule has 2 amide bonds. The standard InChI is InChI=1S/C16H21N5O2/c1-21-10-14(15(20-21)23-2)19-16(22)18-9-13-12-6-4-3-5-11(12)7-8-17-13/h7-8,10H,3-6,9H2,1-2H3,(H2,18,19,22). The van der Waals surface area contributed by atoms with Crippen molar-refractivity contribution in [3.63, 3.8) is 0 Å². The van der Waals surface area contributed by atoms with Crippen molar-refractivity contribution in [1.29, 1.82) is 0 Å². The van der Waals surface area contributed by atoms with E-state index in [-0.39, 0.29) is 6.03 Å². The third-order valence-electron chi connectivity index (χ3n) is 4.02. The maximum atomic E-state index is 12.1. The lowest BCUT2D eigenvalue weighted by molar-refractivity contribution is 0.251. The predicted molar refractivity (Wildman–Crippen MR) is 86.5 cm³/mol. The number of nitrogens with one attached hydrogen (secondary N) is 2. The van der Waals surface area contributed by atoms with Crippen LogP contribution in [-0.2, 0) is 26.4 Å². The minimum atomic E-state index is -0.300. The number of carbonyl (C=O) groups excluding carboxylic acids is 1. The lowest BCUT2D eigenvalue weighted by Gasteiger charge is -2.18. The summed E-state index contributed by atoms with van der Waals surface area (Å²) in [5, 5.41) is 9.70. The Labute approximate surface area is 135 Å². The van der Waals surface area contributed by atoms with Gasteiger partial charge in [0.1, 0.15) is 5.69 Å². The van der Waals surface area contributed by atoms with Crippen molar-refractivity contribution >= 4 is 11.7 Å². The van der Waals surface area contributed by atoms with E-state index in [1.165, 1.54) is 31.1 Å². The van der Waals surface area contributed by atoms with E-state index in [0.717, 1.165) is 18.5 Å². The zero-order chi connectivity index (χ0) is 16.2. The molecular formula is C16H21N5O2. The van der Waals surface area contributed by atoms with E-state index >= 15 is 0 Å². The van der Waals surface area contributed by atoms with Gasteiger partial charge in [-0.05, 0) is 42.9 Å². The fourth-order valence-corrected chi connectivity index (χ4v) is 2.92. The van der Waals surface area contributed by atoms with E-state index in [1.54, 1.807) is 17.9 Å². The molecule has 1 aliphatic rings. The van der Waals surface area contributed by atoms with E-state index in [1.807, 2.05) is 6.20 Å². The van der Waals surface area contributed by atoms with Gasteiger partial charge >= 0.3 is 6.03 Å². The lowest BCUT2D eigenvalue weighted by Crippen LogP contribution is -2.29. The third-order valence-corrected chi connectivity index (χ3v) is 4.02. The van der Waals surface area contributed by atoms with Crippen LogP contribution in [-0.4, -0.2) is 27.9 Å². The molecule has 0 aliphatic heterocycles. The molecule has 0 unspecified atom stereocenters. The summed E-state index contributed by atoms with van der Waals surface area (Å²) in [5.41, 5.74) is 4.14. The van der Waals surface area contributed by atoms with Crippen LogP contribution in [0, 0.1) is 0 Å². The van der Waals surface area contributed by atoms with Gasteiger partial charge in [-0.25, -0.2) is 4.79 Å². The molecule has 0 bridgehead atoms. The van der Waals surface area contributed by atoms with E-state index < -0.39 is 0 Å². The number of anilines is 1. The van der Waals surface area contributed by atoms with Crippen molar-refractivity contribution < 1.29 is 9.53 Å². The first kappa shape index (κ1) is 15.3. The Morgan fingerprint density at radius 3 is 3.04 bits per heavy atom. The number of amides is 2. The fraction of sp³-hybridized carbons (Fsp3) is 0.438. The van der Waals surface area contributed by atoms with E-state index in [2.05, 4.69) is 26.8 Å². The monoisotopic (exact) mass is 315 g/mol. The molecule has 0 aromatic carbocycles. The number of urea groups is 1. The smallest absolute Gasteiger partial charge is 0.319 e. The number of methoxy groups -OCH3 is 1. The number of aromatic nitrogens is 3. The number of ether oxygens (including phenoxy) is 1. The van der Waals surface area contributed by atoms with Gasteiger partial charge in [0, 0.05) is 13.2 Å². The number of fused-ring (bicyclic) bond motifs is 1. The maximum absolute atomic E-state index is 12.1. The second-order valence-electron chi connectivity index (χ2n) is 5.64. The first-order valence-electron chi connectivity index (χ1n) is 7.75. The summed E-state index contributed by atoms with van der Waals surface area (Å²) in [6.07, 6.45) is 8.07. The lowest BCUT2D eigenvalue weighted by atomic mass is 9.91. The van der Waals surface area contributed by atoms with Gasteiger partial charge in [0.25, 0.3) is 5.88 Å². The van der Waals surface area contributed by atoms with Crippen LogP contribution in [0.15, 0.2) is 18.5 Å². The van der Waals surface area contributed by atoms with E-state index in [4.69, 9.17) is 4.74 Å². The van der Waals surface area contributed by atoms with Crippen molar-refractivity contribution in [2.24, 2.45) is 7.05 Å². The molecule has 0 saturated heterocycles. The molecule has 0 saturated carbocycles. The molecule has 0 spiro atoms. The third kappa shape index (κ3) is 3.44. The highest BCUT2D eigenvalue weighted by molar-refractivity contribution is 5.90. The molecule has 0 fully saturated rings. The molecule has 0 atom stereocenters. The maximum Gasteiger partial charge on any atom is 0.319 e. The SMILES string of the molecule is COc1nn(C)cc1NC(=O)NCc1nccc2c1CCCC2. The molecule has 7 heteroatoms. The minimum absolute atomic E-state index is 0.300. The zero-order valence-electron chi connectivity index (χ0n) is 13.4. The van der Waals surface area contributed by atoms with Crippen LogP contribution in [0.3, 0.4) is 0 Å². The van der Waals surface area contributed by atoms with Crippen LogP contribution in [0.25, 0.3) is 0 Å². The van der Waals surface area contributed by atoms with Crippen LogP contribution in [0.4, 0.5) is 10.5 Å². The van der Waals surface area contributed by atoms with Gasteiger partial charge < -0.3 is 15.4 Å². The van der Waals surface area contributed by atoms with Crippen molar-refractivity contribution in [3.8, 4) is 5.88 Å². The average Bonchev–Trinajstić information content (AvgIpc) is 2.92. The normalized spacial score (nSPS) is 13.3. The summed E-state index contributed by atoms with van der Waals surface area (Å²) >= 11 is 0. The van der Waals surface area contributed by atoms with Crippen LogP contribution in [0.1, 0.15) is 29.7 Å². The average molecular weight is 315 g/mol. The van der Waals surface area contributed by atoms with Gasteiger partial charge in [0.05, 0.1) is 25.5 Å².